The molecule has 2 aromatic carbocycles. The van der Waals surface area contributed by atoms with Crippen molar-refractivity contribution in [2.45, 2.75) is 45.7 Å². The summed E-state index contributed by atoms with van der Waals surface area (Å²) in [5.41, 5.74) is 2.08. The first-order chi connectivity index (χ1) is 15.0. The molecule has 1 aliphatic heterocycles. The molecule has 1 aliphatic rings. The first-order valence-corrected chi connectivity index (χ1v) is 11.1. The van der Waals surface area contributed by atoms with E-state index in [2.05, 4.69) is 48.3 Å². The minimum atomic E-state index is -0.0750. The molecule has 2 amide bonds. The average molecular weight is 424 g/mol. The quantitative estimate of drug-likeness (QED) is 0.593. The zero-order valence-electron chi connectivity index (χ0n) is 18.5. The van der Waals surface area contributed by atoms with Crippen molar-refractivity contribution in [2.75, 3.05) is 31.1 Å². The van der Waals surface area contributed by atoms with Gasteiger partial charge in [-0.2, -0.15) is 0 Å². The fourth-order valence-electron chi connectivity index (χ4n) is 3.72. The molecule has 166 valence electrons. The molecule has 6 nitrogen and oxygen atoms in total. The summed E-state index contributed by atoms with van der Waals surface area (Å²) in [6, 6.07) is 18.4. The molecular weight excluding hydrogens is 390 g/mol. The molecule has 3 rings (SSSR count). The van der Waals surface area contributed by atoms with Gasteiger partial charge in [-0.15, -0.1) is 0 Å². The summed E-state index contributed by atoms with van der Waals surface area (Å²) < 4.78 is 5.59. The molecule has 0 bridgehead atoms. The molecule has 0 aliphatic carbocycles. The van der Waals surface area contributed by atoms with Gasteiger partial charge in [0.05, 0.1) is 12.2 Å². The number of fused-ring (bicyclic) bond motifs is 1. The molecule has 31 heavy (non-hydrogen) atoms. The van der Waals surface area contributed by atoms with E-state index >= 15 is 0 Å². The fourth-order valence-corrected chi connectivity index (χ4v) is 3.72. The third kappa shape index (κ3) is 6.82. The van der Waals surface area contributed by atoms with Crippen molar-refractivity contribution in [3.8, 4) is 5.75 Å². The van der Waals surface area contributed by atoms with Crippen LogP contribution in [0, 0.1) is 0 Å². The summed E-state index contributed by atoms with van der Waals surface area (Å²) in [6.45, 7) is 7.81. The van der Waals surface area contributed by atoms with Gasteiger partial charge in [-0.25, -0.2) is 0 Å². The second-order valence-electron chi connectivity index (χ2n) is 8.11. The van der Waals surface area contributed by atoms with Gasteiger partial charge in [0.15, 0.2) is 0 Å². The number of hydrogen-bond donors (Lipinski definition) is 1. The number of para-hydroxylation sites is 2. The average Bonchev–Trinajstić information content (AvgIpc) is 2.79. The summed E-state index contributed by atoms with van der Waals surface area (Å²) in [4.78, 5) is 29.0. The van der Waals surface area contributed by atoms with Crippen LogP contribution in [0.1, 0.15) is 38.7 Å². The SMILES string of the molecule is CC(C)N(CCCNC(=O)CCC(=O)N1CCOc2ccccc21)Cc1ccccc1. The number of nitrogens with zero attached hydrogens (tertiary/aromatic N) is 2. The topological polar surface area (TPSA) is 61.9 Å². The highest BCUT2D eigenvalue weighted by atomic mass is 16.5. The molecule has 6 heteroatoms. The van der Waals surface area contributed by atoms with Crippen LogP contribution in [0.15, 0.2) is 54.6 Å². The van der Waals surface area contributed by atoms with Crippen LogP contribution in [-0.2, 0) is 16.1 Å². The molecule has 1 heterocycles. The minimum Gasteiger partial charge on any atom is -0.490 e. The molecule has 0 saturated heterocycles. The van der Waals surface area contributed by atoms with E-state index in [0.717, 1.165) is 30.9 Å². The van der Waals surface area contributed by atoms with Crippen molar-refractivity contribution in [1.82, 2.24) is 10.2 Å². The van der Waals surface area contributed by atoms with E-state index in [-0.39, 0.29) is 24.7 Å². The van der Waals surface area contributed by atoms with E-state index in [1.807, 2.05) is 30.3 Å². The van der Waals surface area contributed by atoms with Crippen molar-refractivity contribution in [2.24, 2.45) is 0 Å². The van der Waals surface area contributed by atoms with Gasteiger partial charge in [0.25, 0.3) is 0 Å². The molecule has 0 saturated carbocycles. The van der Waals surface area contributed by atoms with Crippen LogP contribution >= 0.6 is 0 Å². The van der Waals surface area contributed by atoms with Gasteiger partial charge < -0.3 is 15.0 Å². The highest BCUT2D eigenvalue weighted by molar-refractivity contribution is 5.97. The third-order valence-electron chi connectivity index (χ3n) is 5.50. The van der Waals surface area contributed by atoms with E-state index in [1.165, 1.54) is 5.56 Å². The lowest BCUT2D eigenvalue weighted by Crippen LogP contribution is -2.38. The second-order valence-corrected chi connectivity index (χ2v) is 8.11. The summed E-state index contributed by atoms with van der Waals surface area (Å²) in [7, 11) is 0. The predicted octanol–water partition coefficient (Wildman–Crippen LogP) is 3.61. The van der Waals surface area contributed by atoms with Crippen molar-refractivity contribution in [3.05, 3.63) is 60.2 Å². The third-order valence-corrected chi connectivity index (χ3v) is 5.50. The Kier molecular flexibility index (Phi) is 8.47. The van der Waals surface area contributed by atoms with Crippen molar-refractivity contribution in [1.29, 1.82) is 0 Å². The molecule has 0 spiro atoms. The fraction of sp³-hybridized carbons (Fsp3) is 0.440. The Bertz CT molecular complexity index is 854. The number of amides is 2. The molecule has 0 unspecified atom stereocenters. The van der Waals surface area contributed by atoms with Crippen molar-refractivity contribution in [3.63, 3.8) is 0 Å². The van der Waals surface area contributed by atoms with E-state index in [4.69, 9.17) is 4.74 Å². The Hall–Kier alpha value is -2.86. The molecular formula is C25H33N3O3. The van der Waals surface area contributed by atoms with Crippen LogP contribution in [0.3, 0.4) is 0 Å². The molecule has 2 aromatic rings. The maximum atomic E-state index is 12.6. The Labute approximate surface area is 185 Å². The Morgan fingerprint density at radius 1 is 1.06 bits per heavy atom. The minimum absolute atomic E-state index is 0.0419. The van der Waals surface area contributed by atoms with Gasteiger partial charge in [0.1, 0.15) is 12.4 Å². The van der Waals surface area contributed by atoms with Gasteiger partial charge in [-0.3, -0.25) is 14.5 Å². The maximum Gasteiger partial charge on any atom is 0.227 e. The second kappa shape index (κ2) is 11.5. The monoisotopic (exact) mass is 423 g/mol. The Morgan fingerprint density at radius 2 is 1.81 bits per heavy atom. The predicted molar refractivity (Wildman–Crippen MR) is 123 cm³/mol. The Balaban J connectivity index is 1.37. The normalized spacial score (nSPS) is 13.1. The van der Waals surface area contributed by atoms with E-state index in [9.17, 15) is 9.59 Å². The van der Waals surface area contributed by atoms with Crippen molar-refractivity contribution < 1.29 is 14.3 Å². The lowest BCUT2D eigenvalue weighted by atomic mass is 10.2. The van der Waals surface area contributed by atoms with Crippen LogP contribution in [0.2, 0.25) is 0 Å². The van der Waals surface area contributed by atoms with Crippen molar-refractivity contribution >= 4 is 17.5 Å². The lowest BCUT2D eigenvalue weighted by molar-refractivity contribution is -0.125. The number of anilines is 1. The van der Waals surface area contributed by atoms with Crippen LogP contribution < -0.4 is 15.0 Å². The maximum absolute atomic E-state index is 12.6. The largest absolute Gasteiger partial charge is 0.490 e. The number of rotatable bonds is 10. The number of hydrogen-bond acceptors (Lipinski definition) is 4. The van der Waals surface area contributed by atoms with Crippen LogP contribution in [-0.4, -0.2) is 49.0 Å². The summed E-state index contributed by atoms with van der Waals surface area (Å²) in [5, 5.41) is 2.96. The van der Waals surface area contributed by atoms with E-state index in [1.54, 1.807) is 4.90 Å². The molecule has 0 fully saturated rings. The highest BCUT2D eigenvalue weighted by Gasteiger charge is 2.23. The molecule has 0 atom stereocenters. The number of benzene rings is 2. The number of ether oxygens (including phenoxy) is 1. The van der Waals surface area contributed by atoms with Crippen LogP contribution in [0.25, 0.3) is 0 Å². The number of carbonyl (C=O) groups is 2. The van der Waals surface area contributed by atoms with Gasteiger partial charge in [0, 0.05) is 38.5 Å². The van der Waals surface area contributed by atoms with E-state index < -0.39 is 0 Å². The van der Waals surface area contributed by atoms with Crippen LogP contribution in [0.4, 0.5) is 5.69 Å². The summed E-state index contributed by atoms with van der Waals surface area (Å²) in [5.74, 6) is 0.602. The first kappa shape index (κ1) is 22.8. The smallest absolute Gasteiger partial charge is 0.227 e. The van der Waals surface area contributed by atoms with E-state index in [0.29, 0.717) is 25.7 Å². The standard InChI is InChI=1S/C25H33N3O3/c1-20(2)27(19-21-9-4-3-5-10-21)16-8-15-26-24(29)13-14-25(30)28-17-18-31-23-12-7-6-11-22(23)28/h3-7,9-12,20H,8,13-19H2,1-2H3,(H,26,29). The number of carbonyl (C=O) groups excluding carboxylic acids is 2. The highest BCUT2D eigenvalue weighted by Crippen LogP contribution is 2.31. The first-order valence-electron chi connectivity index (χ1n) is 11.1. The Morgan fingerprint density at radius 3 is 2.58 bits per heavy atom. The molecule has 0 radical (unpaired) electrons. The van der Waals surface area contributed by atoms with Gasteiger partial charge in [0.2, 0.25) is 11.8 Å². The van der Waals surface area contributed by atoms with Gasteiger partial charge in [-0.1, -0.05) is 42.5 Å². The van der Waals surface area contributed by atoms with Gasteiger partial charge in [-0.05, 0) is 38.0 Å². The lowest BCUT2D eigenvalue weighted by Gasteiger charge is -2.29. The van der Waals surface area contributed by atoms with Crippen LogP contribution in [0.5, 0.6) is 5.75 Å². The van der Waals surface area contributed by atoms with Gasteiger partial charge >= 0.3 is 0 Å². The number of nitrogens with one attached hydrogen (secondary N) is 1. The molecule has 0 aromatic heterocycles. The zero-order chi connectivity index (χ0) is 22.1. The zero-order valence-corrected chi connectivity index (χ0v) is 18.5. The summed E-state index contributed by atoms with van der Waals surface area (Å²) >= 11 is 0. The summed E-state index contributed by atoms with van der Waals surface area (Å²) in [6.07, 6.45) is 1.28. The molecule has 1 N–H and O–H groups in total.